The highest BCUT2D eigenvalue weighted by Gasteiger charge is 2.20. The summed E-state index contributed by atoms with van der Waals surface area (Å²) in [4.78, 5) is 7.02. The smallest absolute Gasteiger partial charge is 0.191 e. The molecule has 0 aliphatic carbocycles. The summed E-state index contributed by atoms with van der Waals surface area (Å²) in [5, 5.41) is 15.1. The molecule has 2 aromatic rings. The van der Waals surface area contributed by atoms with Crippen molar-refractivity contribution in [2.75, 3.05) is 26.7 Å². The average Bonchev–Trinajstić information content (AvgIpc) is 3.06. The fourth-order valence-corrected chi connectivity index (χ4v) is 3.55. The van der Waals surface area contributed by atoms with Gasteiger partial charge in [-0.15, -0.1) is 10.2 Å². The van der Waals surface area contributed by atoms with Crippen LogP contribution in [0.1, 0.15) is 37.0 Å². The third kappa shape index (κ3) is 5.69. The Morgan fingerprint density at radius 3 is 2.67 bits per heavy atom. The molecule has 3 rings (SSSR count). The van der Waals surface area contributed by atoms with Gasteiger partial charge in [0.1, 0.15) is 12.4 Å². The number of guanidine groups is 1. The molecule has 30 heavy (non-hydrogen) atoms. The van der Waals surface area contributed by atoms with Gasteiger partial charge in [0.25, 0.3) is 0 Å². The van der Waals surface area contributed by atoms with Crippen LogP contribution in [0.5, 0.6) is 5.75 Å². The Morgan fingerprint density at radius 1 is 1.30 bits per heavy atom. The van der Waals surface area contributed by atoms with E-state index < -0.39 is 0 Å². The Labute approximate surface area is 177 Å². The molecule has 1 aliphatic heterocycles. The first-order valence-corrected chi connectivity index (χ1v) is 10.4. The van der Waals surface area contributed by atoms with Crippen LogP contribution in [0.4, 0.5) is 4.39 Å². The van der Waals surface area contributed by atoms with Gasteiger partial charge in [-0.25, -0.2) is 9.38 Å². The molecule has 0 atom stereocenters. The number of methoxy groups -OCH3 is 1. The predicted molar refractivity (Wildman–Crippen MR) is 115 cm³/mol. The SMILES string of the molecule is CCNC(=NCc1nnc(C)n1C)NC1CCN(Cc2ccc(OC)c(F)c2)CC1. The molecule has 0 bridgehead atoms. The fourth-order valence-electron chi connectivity index (χ4n) is 3.55. The lowest BCUT2D eigenvalue weighted by Crippen LogP contribution is -2.48. The molecule has 1 aromatic heterocycles. The normalized spacial score (nSPS) is 16.0. The monoisotopic (exact) mass is 417 g/mol. The summed E-state index contributed by atoms with van der Waals surface area (Å²) in [5.74, 6) is 2.49. The molecule has 0 radical (unpaired) electrons. The van der Waals surface area contributed by atoms with E-state index in [2.05, 4.69) is 37.6 Å². The van der Waals surface area contributed by atoms with Crippen LogP contribution in [0.15, 0.2) is 23.2 Å². The van der Waals surface area contributed by atoms with E-state index in [9.17, 15) is 4.39 Å². The first-order valence-electron chi connectivity index (χ1n) is 10.4. The Balaban J connectivity index is 1.51. The van der Waals surface area contributed by atoms with Crippen molar-refractivity contribution in [3.63, 3.8) is 0 Å². The molecule has 0 spiro atoms. The summed E-state index contributed by atoms with van der Waals surface area (Å²) in [5.41, 5.74) is 0.966. The number of piperidine rings is 1. The van der Waals surface area contributed by atoms with Crippen molar-refractivity contribution in [2.45, 2.75) is 45.8 Å². The van der Waals surface area contributed by atoms with E-state index in [0.29, 0.717) is 12.6 Å². The first-order chi connectivity index (χ1) is 14.5. The van der Waals surface area contributed by atoms with Gasteiger partial charge in [0.05, 0.1) is 7.11 Å². The maximum absolute atomic E-state index is 13.9. The highest BCUT2D eigenvalue weighted by Crippen LogP contribution is 2.20. The lowest BCUT2D eigenvalue weighted by atomic mass is 10.0. The van der Waals surface area contributed by atoms with Crippen molar-refractivity contribution < 1.29 is 9.13 Å². The van der Waals surface area contributed by atoms with Gasteiger partial charge in [0.15, 0.2) is 23.4 Å². The summed E-state index contributed by atoms with van der Waals surface area (Å²) < 4.78 is 20.9. The topological polar surface area (TPSA) is 79.6 Å². The number of nitrogens with one attached hydrogen (secondary N) is 2. The molecule has 0 saturated carbocycles. The van der Waals surface area contributed by atoms with Crippen LogP contribution in [0, 0.1) is 12.7 Å². The molecule has 164 valence electrons. The van der Waals surface area contributed by atoms with E-state index in [1.807, 2.05) is 24.6 Å². The van der Waals surface area contributed by atoms with Crippen LogP contribution in [-0.4, -0.2) is 58.4 Å². The summed E-state index contributed by atoms with van der Waals surface area (Å²) in [6, 6.07) is 5.54. The zero-order valence-corrected chi connectivity index (χ0v) is 18.3. The maximum Gasteiger partial charge on any atom is 0.191 e. The number of nitrogens with zero attached hydrogens (tertiary/aromatic N) is 5. The maximum atomic E-state index is 13.9. The van der Waals surface area contributed by atoms with E-state index in [1.54, 1.807) is 12.1 Å². The third-order valence-electron chi connectivity index (χ3n) is 5.46. The number of likely N-dealkylation sites (tertiary alicyclic amines) is 1. The van der Waals surface area contributed by atoms with Crippen molar-refractivity contribution >= 4 is 5.96 Å². The number of halogens is 1. The van der Waals surface area contributed by atoms with Gasteiger partial charge in [-0.1, -0.05) is 6.07 Å². The van der Waals surface area contributed by atoms with Crippen molar-refractivity contribution in [1.82, 2.24) is 30.3 Å². The van der Waals surface area contributed by atoms with Gasteiger partial charge in [-0.05, 0) is 44.4 Å². The van der Waals surface area contributed by atoms with Gasteiger partial charge in [-0.2, -0.15) is 0 Å². The van der Waals surface area contributed by atoms with E-state index in [0.717, 1.165) is 62.2 Å². The van der Waals surface area contributed by atoms with Gasteiger partial charge in [-0.3, -0.25) is 4.90 Å². The third-order valence-corrected chi connectivity index (χ3v) is 5.46. The van der Waals surface area contributed by atoms with Crippen molar-refractivity contribution in [1.29, 1.82) is 0 Å². The summed E-state index contributed by atoms with van der Waals surface area (Å²) in [6.07, 6.45) is 2.01. The lowest BCUT2D eigenvalue weighted by molar-refractivity contribution is 0.198. The van der Waals surface area contributed by atoms with Gasteiger partial charge < -0.3 is 19.9 Å². The van der Waals surface area contributed by atoms with E-state index in [-0.39, 0.29) is 11.6 Å². The zero-order chi connectivity index (χ0) is 21.5. The molecule has 1 aromatic carbocycles. The lowest BCUT2D eigenvalue weighted by Gasteiger charge is -2.33. The minimum Gasteiger partial charge on any atom is -0.494 e. The molecule has 1 fully saturated rings. The summed E-state index contributed by atoms with van der Waals surface area (Å²) in [7, 11) is 3.43. The zero-order valence-electron chi connectivity index (χ0n) is 18.3. The second-order valence-electron chi connectivity index (χ2n) is 7.58. The summed E-state index contributed by atoms with van der Waals surface area (Å²) in [6.45, 7) is 7.91. The number of ether oxygens (including phenoxy) is 1. The number of benzene rings is 1. The Morgan fingerprint density at radius 2 is 2.07 bits per heavy atom. The Hall–Kier alpha value is -2.68. The number of hydrogen-bond acceptors (Lipinski definition) is 5. The number of hydrogen-bond donors (Lipinski definition) is 2. The van der Waals surface area contributed by atoms with Crippen LogP contribution in [0.2, 0.25) is 0 Å². The number of aliphatic imine (C=N–C) groups is 1. The molecule has 0 amide bonds. The number of rotatable bonds is 7. The average molecular weight is 418 g/mol. The molecule has 1 aliphatic rings. The van der Waals surface area contributed by atoms with Crippen LogP contribution < -0.4 is 15.4 Å². The largest absolute Gasteiger partial charge is 0.494 e. The van der Waals surface area contributed by atoms with E-state index in [1.165, 1.54) is 7.11 Å². The predicted octanol–water partition coefficient (Wildman–Crippen LogP) is 1.99. The van der Waals surface area contributed by atoms with Gasteiger partial charge in [0.2, 0.25) is 0 Å². The minimum atomic E-state index is -0.309. The van der Waals surface area contributed by atoms with Crippen molar-refractivity contribution in [3.05, 3.63) is 41.2 Å². The van der Waals surface area contributed by atoms with Crippen molar-refractivity contribution in [2.24, 2.45) is 12.0 Å². The molecular formula is C21H32FN7O. The van der Waals surface area contributed by atoms with Crippen LogP contribution in [0.25, 0.3) is 0 Å². The van der Waals surface area contributed by atoms with E-state index >= 15 is 0 Å². The second-order valence-corrected chi connectivity index (χ2v) is 7.58. The molecular weight excluding hydrogens is 385 g/mol. The Bertz CT molecular complexity index is 859. The number of aromatic nitrogens is 3. The standard InChI is InChI=1S/C21H32FN7O/c1-5-23-21(24-13-20-27-26-15(2)28(20)3)25-17-8-10-29(11-9-17)14-16-6-7-19(30-4)18(22)12-16/h6-7,12,17H,5,8-11,13-14H2,1-4H3,(H2,23,24,25). The quantitative estimate of drug-likeness (QED) is 0.530. The molecule has 2 heterocycles. The summed E-state index contributed by atoms with van der Waals surface area (Å²) >= 11 is 0. The molecule has 8 nitrogen and oxygen atoms in total. The second kappa shape index (κ2) is 10.4. The minimum absolute atomic E-state index is 0.286. The molecule has 2 N–H and O–H groups in total. The molecule has 9 heteroatoms. The molecule has 1 saturated heterocycles. The molecule has 0 unspecified atom stereocenters. The van der Waals surface area contributed by atoms with Crippen molar-refractivity contribution in [3.8, 4) is 5.75 Å². The Kier molecular flexibility index (Phi) is 7.62. The highest BCUT2D eigenvalue weighted by molar-refractivity contribution is 5.80. The van der Waals surface area contributed by atoms with Gasteiger partial charge in [0, 0.05) is 39.3 Å². The van der Waals surface area contributed by atoms with E-state index in [4.69, 9.17) is 4.74 Å². The van der Waals surface area contributed by atoms with Gasteiger partial charge >= 0.3 is 0 Å². The highest BCUT2D eigenvalue weighted by atomic mass is 19.1. The van der Waals surface area contributed by atoms with Crippen LogP contribution in [0.3, 0.4) is 0 Å². The first kappa shape index (κ1) is 22.0. The van der Waals surface area contributed by atoms with Crippen LogP contribution in [-0.2, 0) is 20.1 Å². The fraction of sp³-hybridized carbons (Fsp3) is 0.571. The number of aryl methyl sites for hydroxylation is 1. The van der Waals surface area contributed by atoms with Crippen LogP contribution >= 0.6 is 0 Å².